The van der Waals surface area contributed by atoms with Crippen LogP contribution in [0.5, 0.6) is 0 Å². The smallest absolute Gasteiger partial charge is 0.261 e. The van der Waals surface area contributed by atoms with Gasteiger partial charge in [-0.05, 0) is 30.2 Å². The highest BCUT2D eigenvalue weighted by Crippen LogP contribution is 2.36. The summed E-state index contributed by atoms with van der Waals surface area (Å²) in [7, 11) is 1.61. The van der Waals surface area contributed by atoms with Crippen LogP contribution >= 0.6 is 0 Å². The number of carbonyl (C=O) groups is 1. The second-order valence-electron chi connectivity index (χ2n) is 7.75. The summed E-state index contributed by atoms with van der Waals surface area (Å²) in [6, 6.07) is 15.7. The van der Waals surface area contributed by atoms with Crippen molar-refractivity contribution < 1.29 is 9.53 Å². The summed E-state index contributed by atoms with van der Waals surface area (Å²) < 4.78 is 8.92. The Morgan fingerprint density at radius 3 is 2.74 bits per heavy atom. The number of fused-ring (bicyclic) bond motifs is 6. The lowest BCUT2D eigenvalue weighted by Gasteiger charge is -2.21. The number of ether oxygens (including phenoxy) is 1. The number of para-hydroxylation sites is 2. The highest BCUT2D eigenvalue weighted by Gasteiger charge is 2.27. The molecule has 7 nitrogen and oxygen atoms in total. The monoisotopic (exact) mass is 416 g/mol. The van der Waals surface area contributed by atoms with Crippen molar-refractivity contribution in [1.82, 2.24) is 19.4 Å². The Labute approximate surface area is 179 Å². The largest absolute Gasteiger partial charge is 0.383 e. The average molecular weight is 416 g/mol. The van der Waals surface area contributed by atoms with Crippen LogP contribution in [0.2, 0.25) is 0 Å². The lowest BCUT2D eigenvalue weighted by atomic mass is 10.0. The van der Waals surface area contributed by atoms with E-state index >= 15 is 0 Å². The van der Waals surface area contributed by atoms with Crippen LogP contribution in [0, 0.1) is 0 Å². The topological polar surface area (TPSA) is 78.2 Å². The fourth-order valence-corrected chi connectivity index (χ4v) is 4.49. The van der Waals surface area contributed by atoms with Gasteiger partial charge in [-0.25, -0.2) is 4.98 Å². The van der Waals surface area contributed by atoms with Crippen LogP contribution in [-0.4, -0.2) is 40.3 Å². The zero-order valence-electron chi connectivity index (χ0n) is 17.4. The van der Waals surface area contributed by atoms with Gasteiger partial charge in [0, 0.05) is 44.1 Å². The molecule has 4 aromatic rings. The van der Waals surface area contributed by atoms with Crippen LogP contribution in [0.4, 0.5) is 0 Å². The summed E-state index contributed by atoms with van der Waals surface area (Å²) in [5.74, 6) is 0.657. The Bertz CT molecular complexity index is 1350. The molecule has 31 heavy (non-hydrogen) atoms. The van der Waals surface area contributed by atoms with Crippen LogP contribution in [0.1, 0.15) is 12.0 Å². The minimum atomic E-state index is -0.0248. The number of aryl methyl sites for hydroxylation is 2. The van der Waals surface area contributed by atoms with Crippen molar-refractivity contribution in [2.24, 2.45) is 0 Å². The molecule has 2 aromatic heterocycles. The third-order valence-electron chi connectivity index (χ3n) is 5.93. The first kappa shape index (κ1) is 19.5. The molecule has 1 aliphatic rings. The maximum Gasteiger partial charge on any atom is 0.261 e. The number of amides is 1. The number of hydrogen-bond acceptors (Lipinski definition) is 4. The number of aromatic nitrogens is 3. The van der Waals surface area contributed by atoms with Crippen molar-refractivity contribution >= 4 is 27.7 Å². The molecular weight excluding hydrogens is 392 g/mol. The number of methoxy groups -OCH3 is 1. The summed E-state index contributed by atoms with van der Waals surface area (Å²) >= 11 is 0. The van der Waals surface area contributed by atoms with Crippen molar-refractivity contribution in [1.29, 1.82) is 0 Å². The molecule has 0 unspecified atom stereocenters. The Hall–Kier alpha value is -3.45. The summed E-state index contributed by atoms with van der Waals surface area (Å²) in [5.41, 5.74) is 3.88. The Balaban J connectivity index is 1.63. The first-order valence-electron chi connectivity index (χ1n) is 10.5. The quantitative estimate of drug-likeness (QED) is 0.490. The van der Waals surface area contributed by atoms with Gasteiger partial charge in [-0.2, -0.15) is 0 Å². The van der Waals surface area contributed by atoms with Gasteiger partial charge in [0.2, 0.25) is 5.91 Å². The van der Waals surface area contributed by atoms with E-state index in [1.165, 1.54) is 5.56 Å². The molecule has 0 saturated carbocycles. The minimum absolute atomic E-state index is 0.0136. The molecule has 0 aliphatic carbocycles. The van der Waals surface area contributed by atoms with Gasteiger partial charge in [-0.3, -0.25) is 14.2 Å². The minimum Gasteiger partial charge on any atom is -0.383 e. The third-order valence-corrected chi connectivity index (χ3v) is 5.93. The van der Waals surface area contributed by atoms with E-state index in [1.807, 2.05) is 36.4 Å². The highest BCUT2D eigenvalue weighted by molar-refractivity contribution is 5.92. The number of nitrogens with zero attached hydrogens (tertiary/aromatic N) is 3. The molecule has 0 saturated heterocycles. The fraction of sp³-hybridized carbons (Fsp3) is 0.292. The van der Waals surface area contributed by atoms with E-state index in [2.05, 4.69) is 22.0 Å². The Morgan fingerprint density at radius 2 is 1.90 bits per heavy atom. The molecule has 7 heteroatoms. The van der Waals surface area contributed by atoms with E-state index in [9.17, 15) is 9.59 Å². The van der Waals surface area contributed by atoms with Crippen molar-refractivity contribution in [3.8, 4) is 11.5 Å². The molecule has 1 N–H and O–H groups in total. The number of carbonyl (C=O) groups excluding carboxylic acids is 1. The van der Waals surface area contributed by atoms with Gasteiger partial charge in [-0.1, -0.05) is 30.3 Å². The summed E-state index contributed by atoms with van der Waals surface area (Å²) in [6.07, 6.45) is 1.10. The molecule has 0 fully saturated rings. The van der Waals surface area contributed by atoms with Gasteiger partial charge in [0.25, 0.3) is 5.56 Å². The number of hydrogen-bond donors (Lipinski definition) is 1. The van der Waals surface area contributed by atoms with Gasteiger partial charge < -0.3 is 14.6 Å². The van der Waals surface area contributed by atoms with Crippen LogP contribution < -0.4 is 10.9 Å². The van der Waals surface area contributed by atoms with Gasteiger partial charge >= 0.3 is 0 Å². The standard InChI is InChI=1S/C24H24N4O3/c1-31-15-12-25-21(29)11-14-27-20-9-5-3-6-16(20)17-10-13-28-23(22(17)27)26-19-8-4-2-7-18(19)24(28)30/h2-9H,10-15H2,1H3,(H,25,29). The van der Waals surface area contributed by atoms with E-state index in [1.54, 1.807) is 11.7 Å². The van der Waals surface area contributed by atoms with Crippen LogP contribution in [0.25, 0.3) is 33.3 Å². The average Bonchev–Trinajstić information content (AvgIpc) is 3.12. The molecule has 2 aromatic carbocycles. The lowest BCUT2D eigenvalue weighted by molar-refractivity contribution is -0.121. The normalized spacial score (nSPS) is 12.7. The van der Waals surface area contributed by atoms with E-state index in [0.717, 1.165) is 23.0 Å². The molecule has 0 bridgehead atoms. The van der Waals surface area contributed by atoms with Crippen LogP contribution in [0.3, 0.4) is 0 Å². The first-order chi connectivity index (χ1) is 15.2. The third kappa shape index (κ3) is 3.31. The van der Waals surface area contributed by atoms with Crippen molar-refractivity contribution in [2.75, 3.05) is 20.3 Å². The Kier molecular flexibility index (Phi) is 5.03. The number of nitrogens with one attached hydrogen (secondary N) is 1. The van der Waals surface area contributed by atoms with E-state index in [0.29, 0.717) is 49.4 Å². The van der Waals surface area contributed by atoms with E-state index in [-0.39, 0.29) is 11.5 Å². The first-order valence-corrected chi connectivity index (χ1v) is 10.5. The van der Waals surface area contributed by atoms with E-state index < -0.39 is 0 Å². The maximum absolute atomic E-state index is 13.2. The van der Waals surface area contributed by atoms with Crippen LogP contribution in [-0.2, 0) is 29.0 Å². The predicted octanol–water partition coefficient (Wildman–Crippen LogP) is 2.73. The second-order valence-corrected chi connectivity index (χ2v) is 7.75. The number of rotatable bonds is 6. The summed E-state index contributed by atoms with van der Waals surface area (Å²) in [5, 5.41) is 4.67. The van der Waals surface area contributed by atoms with Crippen LogP contribution in [0.15, 0.2) is 53.3 Å². The molecule has 0 atom stereocenters. The SMILES string of the molecule is COCCNC(=O)CCn1c2c(c3ccccc31)CCn1c-2nc2ccccc2c1=O. The van der Waals surface area contributed by atoms with E-state index in [4.69, 9.17) is 9.72 Å². The molecule has 1 aliphatic heterocycles. The summed E-state index contributed by atoms with van der Waals surface area (Å²) in [6.45, 7) is 2.09. The molecule has 1 amide bonds. The highest BCUT2D eigenvalue weighted by atomic mass is 16.5. The fourth-order valence-electron chi connectivity index (χ4n) is 4.49. The second kappa shape index (κ2) is 8.00. The predicted molar refractivity (Wildman–Crippen MR) is 120 cm³/mol. The van der Waals surface area contributed by atoms with Gasteiger partial charge in [-0.15, -0.1) is 0 Å². The van der Waals surface area contributed by atoms with Crippen molar-refractivity contribution in [3.05, 3.63) is 64.4 Å². The van der Waals surface area contributed by atoms with Gasteiger partial charge in [0.1, 0.15) is 0 Å². The zero-order chi connectivity index (χ0) is 21.4. The zero-order valence-corrected chi connectivity index (χ0v) is 17.4. The van der Waals surface area contributed by atoms with Gasteiger partial charge in [0.15, 0.2) is 5.82 Å². The molecular formula is C24H24N4O3. The summed E-state index contributed by atoms with van der Waals surface area (Å²) in [4.78, 5) is 30.4. The molecule has 158 valence electrons. The molecule has 0 spiro atoms. The molecule has 0 radical (unpaired) electrons. The number of benzene rings is 2. The van der Waals surface area contributed by atoms with Gasteiger partial charge in [0.05, 0.1) is 23.2 Å². The maximum atomic E-state index is 13.2. The molecule has 5 rings (SSSR count). The lowest BCUT2D eigenvalue weighted by Crippen LogP contribution is -2.29. The van der Waals surface area contributed by atoms with Crippen molar-refractivity contribution in [3.63, 3.8) is 0 Å². The Morgan fingerprint density at radius 1 is 1.13 bits per heavy atom. The van der Waals surface area contributed by atoms with Crippen molar-refractivity contribution in [2.45, 2.75) is 25.9 Å². The molecule has 3 heterocycles.